The summed E-state index contributed by atoms with van der Waals surface area (Å²) in [7, 11) is 1.67. The summed E-state index contributed by atoms with van der Waals surface area (Å²) in [6, 6.07) is 5.94. The van der Waals surface area contributed by atoms with E-state index in [0.717, 1.165) is 60.1 Å². The lowest BCUT2D eigenvalue weighted by Gasteiger charge is -2.23. The molecule has 7 heteroatoms. The molecule has 0 saturated carbocycles. The molecule has 1 aliphatic rings. The summed E-state index contributed by atoms with van der Waals surface area (Å²) in [5.74, 6) is 2.59. The van der Waals surface area contributed by atoms with Crippen molar-refractivity contribution < 1.29 is 18.8 Å². The van der Waals surface area contributed by atoms with Gasteiger partial charge in [-0.2, -0.15) is 0 Å². The number of carbonyl (C=O) groups excluding carboxylic acids is 1. The highest BCUT2D eigenvalue weighted by atomic mass is 16.5. The number of nitrogens with zero attached hydrogens (tertiary/aromatic N) is 2. The first-order valence-corrected chi connectivity index (χ1v) is 10.2. The smallest absolute Gasteiger partial charge is 0.220 e. The molecule has 0 bridgehead atoms. The molecule has 0 fully saturated rings. The number of amides is 1. The zero-order valence-corrected chi connectivity index (χ0v) is 17.8. The van der Waals surface area contributed by atoms with Gasteiger partial charge in [0.2, 0.25) is 5.91 Å². The molecule has 158 valence electrons. The number of ether oxygens (including phenoxy) is 2. The molecular weight excluding hydrogens is 370 g/mol. The number of fused-ring (bicyclic) bond motifs is 1. The van der Waals surface area contributed by atoms with Crippen molar-refractivity contribution in [1.29, 1.82) is 0 Å². The molecule has 1 aromatic heterocycles. The highest BCUT2D eigenvalue weighted by Gasteiger charge is 2.22. The zero-order chi connectivity index (χ0) is 20.8. The van der Waals surface area contributed by atoms with E-state index in [1.54, 1.807) is 7.11 Å². The van der Waals surface area contributed by atoms with Crippen LogP contribution in [-0.2, 0) is 17.8 Å². The lowest BCUT2D eigenvalue weighted by atomic mass is 10.1. The summed E-state index contributed by atoms with van der Waals surface area (Å²) in [6.07, 6.45) is 2.16. The molecule has 0 saturated heterocycles. The quantitative estimate of drug-likeness (QED) is 0.733. The molecule has 2 aromatic rings. The van der Waals surface area contributed by atoms with E-state index in [2.05, 4.69) is 22.3 Å². The van der Waals surface area contributed by atoms with Crippen LogP contribution >= 0.6 is 0 Å². The number of rotatable bonds is 8. The van der Waals surface area contributed by atoms with Crippen LogP contribution in [0.3, 0.4) is 0 Å². The van der Waals surface area contributed by atoms with Crippen LogP contribution < -0.4 is 14.8 Å². The van der Waals surface area contributed by atoms with Gasteiger partial charge in [0.05, 0.1) is 12.8 Å². The summed E-state index contributed by atoms with van der Waals surface area (Å²) in [6.45, 7) is 8.91. The van der Waals surface area contributed by atoms with Gasteiger partial charge in [-0.1, -0.05) is 12.1 Å². The summed E-state index contributed by atoms with van der Waals surface area (Å²) < 4.78 is 16.7. The molecule has 1 atom stereocenters. The van der Waals surface area contributed by atoms with Crippen LogP contribution in [0.5, 0.6) is 11.5 Å². The van der Waals surface area contributed by atoms with E-state index < -0.39 is 0 Å². The number of benzene rings is 1. The van der Waals surface area contributed by atoms with Gasteiger partial charge < -0.3 is 19.3 Å². The Morgan fingerprint density at radius 3 is 2.90 bits per heavy atom. The van der Waals surface area contributed by atoms with Gasteiger partial charge in [0, 0.05) is 43.7 Å². The van der Waals surface area contributed by atoms with Crippen LogP contribution in [0, 0.1) is 13.8 Å². The number of nitrogens with one attached hydrogen (secondary N) is 1. The fraction of sp³-hybridized carbons (Fsp3) is 0.545. The third-order valence-corrected chi connectivity index (χ3v) is 5.41. The molecule has 1 aliphatic heterocycles. The summed E-state index contributed by atoms with van der Waals surface area (Å²) in [5.41, 5.74) is 3.01. The molecule has 7 nitrogen and oxygen atoms in total. The van der Waals surface area contributed by atoms with Crippen LogP contribution in [0.15, 0.2) is 22.7 Å². The molecule has 2 heterocycles. The Morgan fingerprint density at radius 1 is 1.38 bits per heavy atom. The lowest BCUT2D eigenvalue weighted by Crippen LogP contribution is -2.38. The second-order valence-corrected chi connectivity index (χ2v) is 7.51. The van der Waals surface area contributed by atoms with Gasteiger partial charge in [-0.25, -0.2) is 0 Å². The van der Waals surface area contributed by atoms with E-state index in [0.29, 0.717) is 19.4 Å². The van der Waals surface area contributed by atoms with Crippen molar-refractivity contribution in [2.45, 2.75) is 52.7 Å². The summed E-state index contributed by atoms with van der Waals surface area (Å²) in [4.78, 5) is 14.6. The van der Waals surface area contributed by atoms with Gasteiger partial charge in [-0.05, 0) is 44.9 Å². The Morgan fingerprint density at radius 2 is 2.21 bits per heavy atom. The normalized spacial score (nSPS) is 16.6. The number of carbonyl (C=O) groups is 1. The second kappa shape index (κ2) is 9.78. The molecule has 3 rings (SSSR count). The van der Waals surface area contributed by atoms with Crippen molar-refractivity contribution in [2.24, 2.45) is 0 Å². The average Bonchev–Trinajstić information content (AvgIpc) is 2.93. The minimum absolute atomic E-state index is 0.0465. The second-order valence-electron chi connectivity index (χ2n) is 7.51. The van der Waals surface area contributed by atoms with Crippen molar-refractivity contribution in [2.75, 3.05) is 26.7 Å². The van der Waals surface area contributed by atoms with E-state index in [9.17, 15) is 4.79 Å². The fourth-order valence-corrected chi connectivity index (χ4v) is 3.65. The maximum atomic E-state index is 12.3. The largest absolute Gasteiger partial charge is 0.497 e. The Bertz CT molecular complexity index is 814. The maximum Gasteiger partial charge on any atom is 0.220 e. The van der Waals surface area contributed by atoms with Crippen LogP contribution in [-0.4, -0.2) is 48.8 Å². The molecule has 0 aliphatic carbocycles. The summed E-state index contributed by atoms with van der Waals surface area (Å²) >= 11 is 0. The molecule has 1 aromatic carbocycles. The molecule has 1 unspecified atom stereocenters. The molecule has 0 radical (unpaired) electrons. The van der Waals surface area contributed by atoms with Crippen molar-refractivity contribution in [3.05, 3.63) is 40.8 Å². The van der Waals surface area contributed by atoms with Crippen LogP contribution in [0.4, 0.5) is 0 Å². The average molecular weight is 402 g/mol. The Labute approximate surface area is 172 Å². The molecule has 29 heavy (non-hydrogen) atoms. The highest BCUT2D eigenvalue weighted by Crippen LogP contribution is 2.29. The zero-order valence-electron chi connectivity index (χ0n) is 17.8. The van der Waals surface area contributed by atoms with Crippen LogP contribution in [0.2, 0.25) is 0 Å². The molecular formula is C22H31N3O4. The SMILES string of the molecule is CCC1CN(CCNC(=O)CCc2c(C)noc2C)Cc2cc(OC)ccc2O1. The number of methoxy groups -OCH3 is 1. The number of hydrogen-bond donors (Lipinski definition) is 1. The third kappa shape index (κ3) is 5.50. The molecule has 1 amide bonds. The minimum Gasteiger partial charge on any atom is -0.497 e. The highest BCUT2D eigenvalue weighted by molar-refractivity contribution is 5.76. The maximum absolute atomic E-state index is 12.3. The van der Waals surface area contributed by atoms with Crippen molar-refractivity contribution >= 4 is 5.91 Å². The van der Waals surface area contributed by atoms with Gasteiger partial charge in [-0.15, -0.1) is 0 Å². The standard InChI is InChI=1S/C22H31N3O4/c1-5-18-14-25(13-17-12-19(27-4)6-8-21(17)28-18)11-10-23-22(26)9-7-20-15(2)24-29-16(20)3/h6,8,12,18H,5,7,9-11,13-14H2,1-4H3,(H,23,26). The first-order valence-electron chi connectivity index (χ1n) is 10.2. The Hall–Kier alpha value is -2.54. The van der Waals surface area contributed by atoms with Crippen LogP contribution in [0.1, 0.15) is 42.3 Å². The minimum atomic E-state index is 0.0465. The van der Waals surface area contributed by atoms with E-state index in [-0.39, 0.29) is 12.0 Å². The van der Waals surface area contributed by atoms with E-state index in [1.165, 1.54) is 0 Å². The van der Waals surface area contributed by atoms with E-state index >= 15 is 0 Å². The van der Waals surface area contributed by atoms with Gasteiger partial charge >= 0.3 is 0 Å². The van der Waals surface area contributed by atoms with Gasteiger partial charge in [0.15, 0.2) is 0 Å². The van der Waals surface area contributed by atoms with Gasteiger partial charge in [-0.3, -0.25) is 9.69 Å². The van der Waals surface area contributed by atoms with Gasteiger partial charge in [0.25, 0.3) is 0 Å². The van der Waals surface area contributed by atoms with Crippen molar-refractivity contribution in [1.82, 2.24) is 15.4 Å². The van der Waals surface area contributed by atoms with Crippen molar-refractivity contribution in [3.8, 4) is 11.5 Å². The van der Waals surface area contributed by atoms with Crippen molar-refractivity contribution in [3.63, 3.8) is 0 Å². The predicted octanol–water partition coefficient (Wildman–Crippen LogP) is 3.02. The third-order valence-electron chi connectivity index (χ3n) is 5.41. The van der Waals surface area contributed by atoms with E-state index in [1.807, 2.05) is 32.0 Å². The predicted molar refractivity (Wildman–Crippen MR) is 110 cm³/mol. The Balaban J connectivity index is 1.51. The lowest BCUT2D eigenvalue weighted by molar-refractivity contribution is -0.121. The molecule has 0 spiro atoms. The molecule has 1 N–H and O–H groups in total. The number of aryl methyl sites for hydroxylation is 2. The van der Waals surface area contributed by atoms with Gasteiger partial charge in [0.1, 0.15) is 23.4 Å². The monoisotopic (exact) mass is 401 g/mol. The number of aromatic nitrogens is 1. The fourth-order valence-electron chi connectivity index (χ4n) is 3.65. The number of hydrogen-bond acceptors (Lipinski definition) is 6. The Kier molecular flexibility index (Phi) is 7.14. The first-order chi connectivity index (χ1) is 14.0. The van der Waals surface area contributed by atoms with Crippen LogP contribution in [0.25, 0.3) is 0 Å². The topological polar surface area (TPSA) is 76.8 Å². The summed E-state index contributed by atoms with van der Waals surface area (Å²) in [5, 5.41) is 6.97. The van der Waals surface area contributed by atoms with E-state index in [4.69, 9.17) is 14.0 Å². The first kappa shape index (κ1) is 21.2.